The van der Waals surface area contributed by atoms with E-state index in [1.165, 1.54) is 11.1 Å². The average molecular weight is 406 g/mol. The Morgan fingerprint density at radius 1 is 1.35 bits per heavy atom. The molecule has 4 rings (SSSR count). The maximum Gasteiger partial charge on any atom is 0.219 e. The van der Waals surface area contributed by atoms with Gasteiger partial charge in [0.15, 0.2) is 5.16 Å². The lowest BCUT2D eigenvalue weighted by Gasteiger charge is -2.33. The van der Waals surface area contributed by atoms with E-state index in [9.17, 15) is 4.79 Å². The van der Waals surface area contributed by atoms with Crippen LogP contribution in [0.4, 0.5) is 0 Å². The Hall–Kier alpha value is -1.24. The molecule has 1 aromatic heterocycles. The number of carbonyl (C=O) groups excluding carboxylic acids is 1. The number of halogens is 1. The first kappa shape index (κ1) is 18.1. The van der Waals surface area contributed by atoms with E-state index in [-0.39, 0.29) is 5.91 Å². The third kappa shape index (κ3) is 3.59. The second kappa shape index (κ2) is 7.41. The van der Waals surface area contributed by atoms with Gasteiger partial charge in [0, 0.05) is 42.5 Å². The fourth-order valence-electron chi connectivity index (χ4n) is 3.50. The summed E-state index contributed by atoms with van der Waals surface area (Å²) >= 11 is 9.90. The Labute approximate surface area is 167 Å². The molecule has 136 valence electrons. The minimum Gasteiger partial charge on any atom is -0.342 e. The first-order valence-corrected chi connectivity index (χ1v) is 10.9. The van der Waals surface area contributed by atoms with Gasteiger partial charge in [0.1, 0.15) is 10.2 Å². The van der Waals surface area contributed by atoms with Gasteiger partial charge in [-0.1, -0.05) is 53.2 Å². The smallest absolute Gasteiger partial charge is 0.219 e. The molecule has 0 aliphatic carbocycles. The van der Waals surface area contributed by atoms with Crippen LogP contribution in [0.2, 0.25) is 5.15 Å². The minimum atomic E-state index is 0.145. The minimum absolute atomic E-state index is 0.145. The molecule has 4 nitrogen and oxygen atoms in total. The fraction of sp³-hybridized carbons (Fsp3) is 0.421. The standard InChI is InChI=1S/C19H20ClN3OS2/c1-11-3-5-13(6-4-11)10-25-19-21-17(20)16-14-7-8-23(12(2)24)9-15(14)26-18(16)22-19/h3-6,14-15H,7-10H2,1-2H3. The zero-order valence-electron chi connectivity index (χ0n) is 14.7. The summed E-state index contributed by atoms with van der Waals surface area (Å²) in [5, 5.41) is 2.64. The molecule has 2 aliphatic rings. The lowest BCUT2D eigenvalue weighted by molar-refractivity contribution is -0.129. The summed E-state index contributed by atoms with van der Waals surface area (Å²) in [5.41, 5.74) is 3.60. The number of carbonyl (C=O) groups is 1. The lowest BCUT2D eigenvalue weighted by atomic mass is 9.91. The van der Waals surface area contributed by atoms with Gasteiger partial charge in [0.25, 0.3) is 0 Å². The third-order valence-electron chi connectivity index (χ3n) is 4.97. The number of likely N-dealkylation sites (tertiary alicyclic amines) is 1. The molecule has 26 heavy (non-hydrogen) atoms. The van der Waals surface area contributed by atoms with Crippen LogP contribution in [-0.2, 0) is 10.5 Å². The molecular formula is C19H20ClN3OS2. The average Bonchev–Trinajstić information content (AvgIpc) is 2.99. The Morgan fingerprint density at radius 2 is 2.12 bits per heavy atom. The van der Waals surface area contributed by atoms with Gasteiger partial charge in [0.2, 0.25) is 5.91 Å². The molecule has 1 aromatic carbocycles. The molecule has 1 saturated heterocycles. The molecule has 0 N–H and O–H groups in total. The van der Waals surface area contributed by atoms with Gasteiger partial charge >= 0.3 is 0 Å². The van der Waals surface area contributed by atoms with Crippen molar-refractivity contribution in [1.82, 2.24) is 14.9 Å². The predicted octanol–water partition coefficient (Wildman–Crippen LogP) is 4.54. The van der Waals surface area contributed by atoms with E-state index in [0.29, 0.717) is 16.3 Å². The molecule has 1 amide bonds. The molecule has 2 atom stereocenters. The zero-order valence-corrected chi connectivity index (χ0v) is 17.1. The van der Waals surface area contributed by atoms with Gasteiger partial charge in [-0.3, -0.25) is 4.79 Å². The number of hydrogen-bond donors (Lipinski definition) is 0. The molecule has 2 aliphatic heterocycles. The molecule has 0 spiro atoms. The van der Waals surface area contributed by atoms with Gasteiger partial charge in [-0.2, -0.15) is 0 Å². The van der Waals surface area contributed by atoms with Crippen LogP contribution in [-0.4, -0.2) is 39.1 Å². The zero-order chi connectivity index (χ0) is 18.3. The van der Waals surface area contributed by atoms with Crippen molar-refractivity contribution in [2.24, 2.45) is 0 Å². The van der Waals surface area contributed by atoms with Crippen LogP contribution in [0.25, 0.3) is 0 Å². The summed E-state index contributed by atoms with van der Waals surface area (Å²) in [6.45, 7) is 5.28. The Kier molecular flexibility index (Phi) is 5.17. The van der Waals surface area contributed by atoms with Gasteiger partial charge in [-0.25, -0.2) is 9.97 Å². The van der Waals surface area contributed by atoms with Crippen LogP contribution in [0.3, 0.4) is 0 Å². The summed E-state index contributed by atoms with van der Waals surface area (Å²) in [6, 6.07) is 8.51. The summed E-state index contributed by atoms with van der Waals surface area (Å²) in [4.78, 5) is 22.9. The summed E-state index contributed by atoms with van der Waals surface area (Å²) in [5.74, 6) is 1.33. The molecule has 0 saturated carbocycles. The molecule has 0 radical (unpaired) electrons. The number of amides is 1. The quantitative estimate of drug-likeness (QED) is 0.426. The molecule has 3 heterocycles. The normalized spacial score (nSPS) is 21.4. The Balaban J connectivity index is 1.50. The highest BCUT2D eigenvalue weighted by Crippen LogP contribution is 2.50. The van der Waals surface area contributed by atoms with Crippen molar-refractivity contribution in [2.75, 3.05) is 13.1 Å². The number of fused-ring (bicyclic) bond motifs is 3. The maximum absolute atomic E-state index is 11.7. The summed E-state index contributed by atoms with van der Waals surface area (Å²) < 4.78 is 0. The molecule has 0 bridgehead atoms. The van der Waals surface area contributed by atoms with E-state index >= 15 is 0 Å². The van der Waals surface area contributed by atoms with E-state index in [2.05, 4.69) is 36.2 Å². The van der Waals surface area contributed by atoms with Crippen molar-refractivity contribution in [3.63, 3.8) is 0 Å². The number of aromatic nitrogens is 2. The highest BCUT2D eigenvalue weighted by molar-refractivity contribution is 8.00. The first-order valence-electron chi connectivity index (χ1n) is 8.69. The monoisotopic (exact) mass is 405 g/mol. The van der Waals surface area contributed by atoms with Crippen LogP contribution in [0.1, 0.15) is 36.0 Å². The summed E-state index contributed by atoms with van der Waals surface area (Å²) in [7, 11) is 0. The number of piperidine rings is 1. The second-order valence-corrected chi connectivity index (χ2v) is 9.34. The number of rotatable bonds is 3. The van der Waals surface area contributed by atoms with Crippen molar-refractivity contribution < 1.29 is 4.79 Å². The largest absolute Gasteiger partial charge is 0.342 e. The Bertz CT molecular complexity index is 843. The number of aryl methyl sites for hydroxylation is 1. The van der Waals surface area contributed by atoms with Gasteiger partial charge in [-0.15, -0.1) is 11.8 Å². The number of thioether (sulfide) groups is 2. The van der Waals surface area contributed by atoms with E-state index in [0.717, 1.165) is 41.0 Å². The SMILES string of the molecule is CC(=O)N1CCC2c3c(Cl)nc(SCc4ccc(C)cc4)nc3SC2C1. The van der Waals surface area contributed by atoms with E-state index in [4.69, 9.17) is 16.6 Å². The van der Waals surface area contributed by atoms with Crippen molar-refractivity contribution in [3.05, 3.63) is 46.1 Å². The molecule has 2 unspecified atom stereocenters. The molecular weight excluding hydrogens is 386 g/mol. The van der Waals surface area contributed by atoms with E-state index in [1.807, 2.05) is 4.90 Å². The topological polar surface area (TPSA) is 46.1 Å². The number of nitrogens with zero attached hydrogens (tertiary/aromatic N) is 3. The number of benzene rings is 1. The second-order valence-electron chi connectivity index (χ2n) is 6.81. The Morgan fingerprint density at radius 3 is 2.85 bits per heavy atom. The van der Waals surface area contributed by atoms with Gasteiger partial charge < -0.3 is 4.90 Å². The van der Waals surface area contributed by atoms with Crippen LogP contribution < -0.4 is 0 Å². The van der Waals surface area contributed by atoms with E-state index < -0.39 is 0 Å². The van der Waals surface area contributed by atoms with Crippen molar-refractivity contribution in [3.8, 4) is 0 Å². The first-order chi connectivity index (χ1) is 12.5. The van der Waals surface area contributed by atoms with Crippen molar-refractivity contribution in [2.45, 2.75) is 47.4 Å². The maximum atomic E-state index is 11.7. The van der Waals surface area contributed by atoms with Crippen molar-refractivity contribution >= 4 is 41.0 Å². The fourth-order valence-corrected chi connectivity index (χ4v) is 6.26. The molecule has 2 aromatic rings. The van der Waals surface area contributed by atoms with Crippen molar-refractivity contribution in [1.29, 1.82) is 0 Å². The van der Waals surface area contributed by atoms with Gasteiger partial charge in [0.05, 0.1) is 0 Å². The third-order valence-corrected chi connectivity index (χ3v) is 7.49. The van der Waals surface area contributed by atoms with E-state index in [1.54, 1.807) is 30.4 Å². The van der Waals surface area contributed by atoms with Crippen LogP contribution >= 0.6 is 35.1 Å². The van der Waals surface area contributed by atoms with Gasteiger partial charge in [-0.05, 0) is 18.9 Å². The molecule has 7 heteroatoms. The number of hydrogen-bond acceptors (Lipinski definition) is 5. The molecule has 1 fully saturated rings. The highest BCUT2D eigenvalue weighted by atomic mass is 35.5. The highest BCUT2D eigenvalue weighted by Gasteiger charge is 2.41. The van der Waals surface area contributed by atoms with Crippen LogP contribution in [0.5, 0.6) is 0 Å². The lowest BCUT2D eigenvalue weighted by Crippen LogP contribution is -2.42. The van der Waals surface area contributed by atoms with Crippen LogP contribution in [0.15, 0.2) is 34.4 Å². The predicted molar refractivity (Wildman–Crippen MR) is 107 cm³/mol. The van der Waals surface area contributed by atoms with Crippen LogP contribution in [0, 0.1) is 6.92 Å². The summed E-state index contributed by atoms with van der Waals surface area (Å²) in [6.07, 6.45) is 0.934.